The summed E-state index contributed by atoms with van der Waals surface area (Å²) in [4.78, 5) is 15.9. The molecule has 0 unspecified atom stereocenters. The van der Waals surface area contributed by atoms with E-state index in [2.05, 4.69) is 24.9 Å². The van der Waals surface area contributed by atoms with E-state index in [4.69, 9.17) is 11.5 Å². The lowest BCUT2D eigenvalue weighted by atomic mass is 10.0. The van der Waals surface area contributed by atoms with E-state index in [1.807, 2.05) is 4.57 Å². The summed E-state index contributed by atoms with van der Waals surface area (Å²) in [5.41, 5.74) is 16.0. The minimum atomic E-state index is -0.518. The molecule has 0 saturated carbocycles. The summed E-state index contributed by atoms with van der Waals surface area (Å²) in [5.74, 6) is -0.0955. The van der Waals surface area contributed by atoms with Crippen LogP contribution in [-0.4, -0.2) is 23.2 Å². The molecule has 1 aromatic heterocycles. The van der Waals surface area contributed by atoms with Crippen molar-refractivity contribution in [1.82, 2.24) is 4.57 Å². The lowest BCUT2D eigenvalue weighted by molar-refractivity contribution is -0.114. The predicted molar refractivity (Wildman–Crippen MR) is 86.1 cm³/mol. The van der Waals surface area contributed by atoms with Gasteiger partial charge in [-0.3, -0.25) is 14.4 Å². The Bertz CT molecular complexity index is 622. The average Bonchev–Trinajstić information content (AvgIpc) is 2.92. The van der Waals surface area contributed by atoms with Crippen LogP contribution in [0.4, 0.5) is 0 Å². The summed E-state index contributed by atoms with van der Waals surface area (Å²) in [6.07, 6.45) is 5.25. The van der Waals surface area contributed by atoms with Crippen LogP contribution < -0.4 is 11.5 Å². The van der Waals surface area contributed by atoms with E-state index < -0.39 is 5.91 Å². The molecule has 0 saturated heterocycles. The fraction of sp³-hybridized carbons (Fsp3) is 0.500. The van der Waals surface area contributed by atoms with Gasteiger partial charge in [0.25, 0.3) is 5.91 Å². The van der Waals surface area contributed by atoms with Crippen molar-refractivity contribution >= 4 is 17.4 Å². The topological polar surface area (TPSA) is 86.4 Å². The largest absolute Gasteiger partial charge is 0.384 e. The molecular formula is C16H24N4O. The third-order valence-corrected chi connectivity index (χ3v) is 3.93. The van der Waals surface area contributed by atoms with Crippen LogP contribution in [0, 0.1) is 0 Å². The van der Waals surface area contributed by atoms with Crippen LogP contribution in [0.5, 0.6) is 0 Å². The number of carbonyl (C=O) groups excluding carboxylic acids is 1. The van der Waals surface area contributed by atoms with Gasteiger partial charge in [-0.05, 0) is 30.9 Å². The molecule has 2 heterocycles. The van der Waals surface area contributed by atoms with Gasteiger partial charge >= 0.3 is 0 Å². The van der Waals surface area contributed by atoms with E-state index in [9.17, 15) is 4.79 Å². The molecule has 5 nitrogen and oxygen atoms in total. The van der Waals surface area contributed by atoms with Gasteiger partial charge in [-0.25, -0.2) is 0 Å². The van der Waals surface area contributed by atoms with Crippen molar-refractivity contribution in [3.05, 3.63) is 28.6 Å². The maximum atomic E-state index is 11.7. The highest BCUT2D eigenvalue weighted by atomic mass is 16.1. The minimum Gasteiger partial charge on any atom is -0.384 e. The Hall–Kier alpha value is -2.04. The average molecular weight is 288 g/mol. The van der Waals surface area contributed by atoms with Crippen LogP contribution in [0.2, 0.25) is 0 Å². The first-order valence-electron chi connectivity index (χ1n) is 7.57. The Kier molecular flexibility index (Phi) is 4.50. The van der Waals surface area contributed by atoms with E-state index >= 15 is 0 Å². The van der Waals surface area contributed by atoms with E-state index in [-0.39, 0.29) is 0 Å². The number of carbonyl (C=O) groups is 1. The Morgan fingerprint density at radius 2 is 2.00 bits per heavy atom. The normalized spacial score (nSPS) is 15.9. The van der Waals surface area contributed by atoms with Crippen LogP contribution >= 0.6 is 0 Å². The summed E-state index contributed by atoms with van der Waals surface area (Å²) in [5, 5.41) is 0. The minimum absolute atomic E-state index is 0.341. The van der Waals surface area contributed by atoms with Crippen LogP contribution in [0.15, 0.2) is 16.6 Å². The first-order chi connectivity index (χ1) is 10.1. The SMILES string of the molecule is CCCCc1c(CCC)cc2n1C(N)=C(C(N)=O)C2=NC. The van der Waals surface area contributed by atoms with Crippen molar-refractivity contribution in [2.24, 2.45) is 16.5 Å². The lowest BCUT2D eigenvalue weighted by Crippen LogP contribution is -2.21. The van der Waals surface area contributed by atoms with Crippen molar-refractivity contribution in [2.75, 3.05) is 7.05 Å². The summed E-state index contributed by atoms with van der Waals surface area (Å²) in [7, 11) is 1.67. The molecule has 2 rings (SSSR count). The van der Waals surface area contributed by atoms with E-state index in [1.165, 1.54) is 11.3 Å². The molecule has 1 aromatic rings. The highest BCUT2D eigenvalue weighted by molar-refractivity contribution is 6.32. The third-order valence-electron chi connectivity index (χ3n) is 3.93. The van der Waals surface area contributed by atoms with Gasteiger partial charge in [-0.15, -0.1) is 0 Å². The number of aliphatic imine (C=N–C) groups is 1. The number of fused-ring (bicyclic) bond motifs is 1. The van der Waals surface area contributed by atoms with Gasteiger partial charge in [0.1, 0.15) is 11.4 Å². The summed E-state index contributed by atoms with van der Waals surface area (Å²) >= 11 is 0. The molecule has 0 aliphatic carbocycles. The van der Waals surface area contributed by atoms with Crippen LogP contribution in [0.1, 0.15) is 50.1 Å². The Morgan fingerprint density at radius 3 is 2.52 bits per heavy atom. The van der Waals surface area contributed by atoms with Gasteiger partial charge < -0.3 is 11.5 Å². The number of hydrogen-bond donors (Lipinski definition) is 2. The molecule has 0 aromatic carbocycles. The van der Waals surface area contributed by atoms with Crippen molar-refractivity contribution in [2.45, 2.75) is 46.0 Å². The standard InChI is InChI=1S/C16H24N4O/c1-4-6-8-11-10(7-5-2)9-12-14(19-3)13(16(18)21)15(17)20(11)12/h9H,4-8,17H2,1-3H3,(H2,18,21). The van der Waals surface area contributed by atoms with Gasteiger partial charge in [0.05, 0.1) is 11.4 Å². The molecule has 1 amide bonds. The molecule has 4 N–H and O–H groups in total. The number of amides is 1. The monoisotopic (exact) mass is 288 g/mol. The number of unbranched alkanes of at least 4 members (excludes halogenated alkanes) is 1. The molecule has 0 spiro atoms. The second-order valence-electron chi connectivity index (χ2n) is 5.39. The zero-order valence-electron chi connectivity index (χ0n) is 13.1. The number of rotatable bonds is 6. The van der Waals surface area contributed by atoms with Crippen LogP contribution in [0.25, 0.3) is 5.82 Å². The van der Waals surface area contributed by atoms with Crippen molar-refractivity contribution in [1.29, 1.82) is 0 Å². The highest BCUT2D eigenvalue weighted by Crippen LogP contribution is 2.31. The molecule has 0 bridgehead atoms. The lowest BCUT2D eigenvalue weighted by Gasteiger charge is -2.10. The zero-order chi connectivity index (χ0) is 15.6. The third kappa shape index (κ3) is 2.48. The molecule has 0 fully saturated rings. The van der Waals surface area contributed by atoms with Crippen LogP contribution in [0.3, 0.4) is 0 Å². The highest BCUT2D eigenvalue weighted by Gasteiger charge is 2.32. The van der Waals surface area contributed by atoms with Gasteiger partial charge in [-0.1, -0.05) is 26.7 Å². The van der Waals surface area contributed by atoms with Gasteiger partial charge in [0.2, 0.25) is 0 Å². The molecule has 21 heavy (non-hydrogen) atoms. The number of nitrogens with two attached hydrogens (primary N) is 2. The second kappa shape index (κ2) is 6.16. The fourth-order valence-electron chi connectivity index (χ4n) is 2.98. The number of hydrogen-bond acceptors (Lipinski definition) is 3. The quantitative estimate of drug-likeness (QED) is 0.836. The number of aryl methyl sites for hydroxylation is 1. The number of nitrogens with zero attached hydrogens (tertiary/aromatic N) is 2. The Balaban J connectivity index is 2.61. The predicted octanol–water partition coefficient (Wildman–Crippen LogP) is 1.83. The van der Waals surface area contributed by atoms with Crippen LogP contribution in [-0.2, 0) is 17.6 Å². The van der Waals surface area contributed by atoms with Crippen molar-refractivity contribution in [3.63, 3.8) is 0 Å². The molecule has 1 aliphatic rings. The number of aromatic nitrogens is 1. The Morgan fingerprint density at radius 1 is 1.29 bits per heavy atom. The van der Waals surface area contributed by atoms with Crippen molar-refractivity contribution in [3.8, 4) is 0 Å². The van der Waals surface area contributed by atoms with E-state index in [0.29, 0.717) is 17.1 Å². The van der Waals surface area contributed by atoms with Gasteiger partial charge in [0.15, 0.2) is 0 Å². The molecule has 0 atom stereocenters. The van der Waals surface area contributed by atoms with Gasteiger partial charge in [-0.2, -0.15) is 0 Å². The Labute approximate surface area is 125 Å². The van der Waals surface area contributed by atoms with Crippen molar-refractivity contribution < 1.29 is 4.79 Å². The maximum absolute atomic E-state index is 11.7. The smallest absolute Gasteiger partial charge is 0.254 e. The molecule has 0 radical (unpaired) electrons. The molecule has 114 valence electrons. The first-order valence-corrected chi connectivity index (χ1v) is 7.57. The molecule has 5 heteroatoms. The van der Waals surface area contributed by atoms with E-state index in [1.54, 1.807) is 7.05 Å². The number of primary amides is 1. The summed E-state index contributed by atoms with van der Waals surface area (Å²) < 4.78 is 1.98. The fourth-order valence-corrected chi connectivity index (χ4v) is 2.98. The summed E-state index contributed by atoms with van der Waals surface area (Å²) in [6.45, 7) is 4.33. The first kappa shape index (κ1) is 15.4. The zero-order valence-corrected chi connectivity index (χ0v) is 13.1. The molecule has 1 aliphatic heterocycles. The van der Waals surface area contributed by atoms with Gasteiger partial charge in [0, 0.05) is 12.7 Å². The second-order valence-corrected chi connectivity index (χ2v) is 5.39. The van der Waals surface area contributed by atoms with E-state index in [0.717, 1.165) is 37.8 Å². The summed E-state index contributed by atoms with van der Waals surface area (Å²) in [6, 6.07) is 2.11. The maximum Gasteiger partial charge on any atom is 0.254 e. The molecular weight excluding hydrogens is 264 g/mol.